The van der Waals surface area contributed by atoms with Crippen LogP contribution in [0.1, 0.15) is 5.56 Å². The Morgan fingerprint density at radius 1 is 1.07 bits per heavy atom. The van der Waals surface area contributed by atoms with E-state index in [1.54, 1.807) is 12.1 Å². The van der Waals surface area contributed by atoms with Gasteiger partial charge in [-0.25, -0.2) is 8.42 Å². The van der Waals surface area contributed by atoms with E-state index < -0.39 is 9.84 Å². The van der Waals surface area contributed by atoms with Crippen LogP contribution in [0.2, 0.25) is 0 Å². The Balaban J connectivity index is 2.43. The first-order valence-electron chi connectivity index (χ1n) is 4.03. The fraction of sp³-hybridized carbons (Fsp3) is 0. The lowest BCUT2D eigenvalue weighted by Crippen LogP contribution is -1.99. The normalized spacial score (nSPS) is 18.4. The molecule has 2 rings (SSSR count). The van der Waals surface area contributed by atoms with Gasteiger partial charge in [-0.3, -0.25) is 0 Å². The van der Waals surface area contributed by atoms with E-state index in [1.807, 2.05) is 18.2 Å². The standard InChI is InChI=1S/C10H8O3S/c11-14(12)7-6-13-10(8-14)9-4-2-1-3-5-9/h1-8H. The molecular weight excluding hydrogens is 200 g/mol. The summed E-state index contributed by atoms with van der Waals surface area (Å²) in [6.45, 7) is 0. The van der Waals surface area contributed by atoms with Crippen LogP contribution in [0.15, 0.2) is 47.4 Å². The average molecular weight is 208 g/mol. The van der Waals surface area contributed by atoms with Crippen molar-refractivity contribution in [1.82, 2.24) is 0 Å². The summed E-state index contributed by atoms with van der Waals surface area (Å²) in [5.74, 6) is 0.355. The molecule has 1 heterocycles. The molecule has 1 aliphatic heterocycles. The summed E-state index contributed by atoms with van der Waals surface area (Å²) in [6.07, 6.45) is 1.18. The van der Waals surface area contributed by atoms with Crippen molar-refractivity contribution in [3.05, 3.63) is 53.0 Å². The molecule has 0 aliphatic carbocycles. The van der Waals surface area contributed by atoms with Crippen molar-refractivity contribution in [1.29, 1.82) is 0 Å². The van der Waals surface area contributed by atoms with Crippen LogP contribution in [0, 0.1) is 0 Å². The van der Waals surface area contributed by atoms with Crippen molar-refractivity contribution in [2.24, 2.45) is 0 Å². The van der Waals surface area contributed by atoms with Crippen LogP contribution in [0.4, 0.5) is 0 Å². The summed E-state index contributed by atoms with van der Waals surface area (Å²) >= 11 is 0. The lowest BCUT2D eigenvalue weighted by molar-refractivity contribution is 0.435. The van der Waals surface area contributed by atoms with Crippen LogP contribution in [-0.4, -0.2) is 8.42 Å². The molecule has 0 saturated carbocycles. The SMILES string of the molecule is O=S1(=O)C=COC(c2ccccc2)=C1. The van der Waals surface area contributed by atoms with E-state index in [4.69, 9.17) is 4.74 Å². The minimum atomic E-state index is -3.25. The van der Waals surface area contributed by atoms with E-state index >= 15 is 0 Å². The highest BCUT2D eigenvalue weighted by Crippen LogP contribution is 2.21. The minimum Gasteiger partial charge on any atom is -0.463 e. The quantitative estimate of drug-likeness (QED) is 0.708. The van der Waals surface area contributed by atoms with Crippen molar-refractivity contribution in [2.75, 3.05) is 0 Å². The van der Waals surface area contributed by atoms with Gasteiger partial charge in [0.1, 0.15) is 12.0 Å². The van der Waals surface area contributed by atoms with E-state index in [2.05, 4.69) is 0 Å². The Labute approximate surface area is 82.2 Å². The highest BCUT2D eigenvalue weighted by atomic mass is 32.2. The molecule has 0 aromatic heterocycles. The van der Waals surface area contributed by atoms with Crippen molar-refractivity contribution in [3.63, 3.8) is 0 Å². The molecule has 1 aromatic carbocycles. The summed E-state index contributed by atoms with van der Waals surface area (Å²) in [5, 5.41) is 2.14. The molecule has 1 aliphatic rings. The van der Waals surface area contributed by atoms with E-state index in [0.29, 0.717) is 5.76 Å². The molecule has 14 heavy (non-hydrogen) atoms. The lowest BCUT2D eigenvalue weighted by Gasteiger charge is -2.09. The largest absolute Gasteiger partial charge is 0.463 e. The van der Waals surface area contributed by atoms with E-state index in [-0.39, 0.29) is 0 Å². The highest BCUT2D eigenvalue weighted by Gasteiger charge is 2.12. The number of ether oxygens (including phenoxy) is 1. The first-order chi connectivity index (χ1) is 6.67. The zero-order valence-electron chi connectivity index (χ0n) is 7.25. The second-order valence-electron chi connectivity index (χ2n) is 2.83. The molecule has 0 N–H and O–H groups in total. The van der Waals surface area contributed by atoms with Crippen molar-refractivity contribution < 1.29 is 13.2 Å². The Morgan fingerprint density at radius 3 is 2.43 bits per heavy atom. The Hall–Kier alpha value is -1.55. The molecular formula is C10H8O3S. The molecule has 0 amide bonds. The van der Waals surface area contributed by atoms with Crippen LogP contribution in [0.25, 0.3) is 5.76 Å². The maximum Gasteiger partial charge on any atom is 0.199 e. The maximum absolute atomic E-state index is 11.2. The third-order valence-electron chi connectivity index (χ3n) is 1.77. The van der Waals surface area contributed by atoms with Gasteiger partial charge in [-0.05, 0) is 0 Å². The van der Waals surface area contributed by atoms with Gasteiger partial charge in [-0.2, -0.15) is 0 Å². The second-order valence-corrected chi connectivity index (χ2v) is 4.51. The minimum absolute atomic E-state index is 0.355. The number of hydrogen-bond acceptors (Lipinski definition) is 3. The smallest absolute Gasteiger partial charge is 0.199 e. The fourth-order valence-corrected chi connectivity index (χ4v) is 1.91. The molecule has 3 nitrogen and oxygen atoms in total. The molecule has 0 saturated heterocycles. The van der Waals surface area contributed by atoms with Gasteiger partial charge >= 0.3 is 0 Å². The summed E-state index contributed by atoms with van der Waals surface area (Å²) in [6, 6.07) is 9.09. The zero-order chi connectivity index (χ0) is 10.0. The van der Waals surface area contributed by atoms with Crippen LogP contribution in [-0.2, 0) is 14.6 Å². The molecule has 0 atom stereocenters. The van der Waals surface area contributed by atoms with Gasteiger partial charge < -0.3 is 4.74 Å². The predicted molar refractivity (Wildman–Crippen MR) is 53.6 cm³/mol. The highest BCUT2D eigenvalue weighted by molar-refractivity contribution is 7.97. The molecule has 0 fully saturated rings. The number of rotatable bonds is 1. The summed E-state index contributed by atoms with van der Waals surface area (Å²) in [7, 11) is -3.25. The molecule has 1 aromatic rings. The molecule has 72 valence electrons. The first kappa shape index (κ1) is 9.02. The summed E-state index contributed by atoms with van der Waals surface area (Å²) in [4.78, 5) is 0. The number of hydrogen-bond donors (Lipinski definition) is 0. The Morgan fingerprint density at radius 2 is 1.79 bits per heavy atom. The Bertz CT molecular complexity index is 483. The van der Waals surface area contributed by atoms with E-state index in [0.717, 1.165) is 16.4 Å². The first-order valence-corrected chi connectivity index (χ1v) is 5.64. The van der Waals surface area contributed by atoms with Gasteiger partial charge in [0.25, 0.3) is 0 Å². The fourth-order valence-electron chi connectivity index (χ4n) is 1.13. The lowest BCUT2D eigenvalue weighted by atomic mass is 10.2. The van der Waals surface area contributed by atoms with E-state index in [9.17, 15) is 8.42 Å². The van der Waals surface area contributed by atoms with Crippen molar-refractivity contribution >= 4 is 15.6 Å². The van der Waals surface area contributed by atoms with Gasteiger partial charge in [0.15, 0.2) is 9.84 Å². The van der Waals surface area contributed by atoms with Crippen LogP contribution in [0.5, 0.6) is 0 Å². The summed E-state index contributed by atoms with van der Waals surface area (Å²) < 4.78 is 27.5. The molecule has 0 unspecified atom stereocenters. The van der Waals surface area contributed by atoms with Crippen molar-refractivity contribution in [3.8, 4) is 0 Å². The third-order valence-corrected chi connectivity index (χ3v) is 2.80. The van der Waals surface area contributed by atoms with Gasteiger partial charge in [-0.15, -0.1) is 0 Å². The molecule has 0 spiro atoms. The second kappa shape index (κ2) is 3.31. The van der Waals surface area contributed by atoms with Gasteiger partial charge in [0.2, 0.25) is 0 Å². The topological polar surface area (TPSA) is 43.4 Å². The van der Waals surface area contributed by atoms with Crippen LogP contribution >= 0.6 is 0 Å². The average Bonchev–Trinajstić information content (AvgIpc) is 2.18. The van der Waals surface area contributed by atoms with Crippen molar-refractivity contribution in [2.45, 2.75) is 0 Å². The Kier molecular flexibility index (Phi) is 2.13. The predicted octanol–water partition coefficient (Wildman–Crippen LogP) is 1.90. The zero-order valence-corrected chi connectivity index (χ0v) is 8.07. The molecule has 4 heteroatoms. The molecule has 0 bridgehead atoms. The molecule has 0 radical (unpaired) electrons. The van der Waals surface area contributed by atoms with Gasteiger partial charge in [-0.1, -0.05) is 30.3 Å². The third kappa shape index (κ3) is 1.85. The summed E-state index contributed by atoms with van der Waals surface area (Å²) in [5.41, 5.74) is 0.750. The van der Waals surface area contributed by atoms with Gasteiger partial charge in [0.05, 0.1) is 10.8 Å². The van der Waals surface area contributed by atoms with Crippen LogP contribution in [0.3, 0.4) is 0 Å². The maximum atomic E-state index is 11.2. The number of sulfone groups is 1. The number of benzene rings is 1. The van der Waals surface area contributed by atoms with E-state index in [1.165, 1.54) is 6.26 Å². The van der Waals surface area contributed by atoms with Gasteiger partial charge in [0, 0.05) is 5.56 Å². The van der Waals surface area contributed by atoms with Crippen LogP contribution < -0.4 is 0 Å². The monoisotopic (exact) mass is 208 g/mol.